The van der Waals surface area contributed by atoms with Crippen LogP contribution in [0.25, 0.3) is 0 Å². The third-order valence-corrected chi connectivity index (χ3v) is 4.35. The van der Waals surface area contributed by atoms with Crippen LogP contribution in [0.3, 0.4) is 0 Å². The van der Waals surface area contributed by atoms with Gasteiger partial charge in [-0.15, -0.1) is 0 Å². The number of aromatic nitrogens is 1. The lowest BCUT2D eigenvalue weighted by Gasteiger charge is -2.32. The third kappa shape index (κ3) is 3.92. The van der Waals surface area contributed by atoms with Gasteiger partial charge in [0.2, 0.25) is 5.91 Å². The summed E-state index contributed by atoms with van der Waals surface area (Å²) < 4.78 is 0. The predicted molar refractivity (Wildman–Crippen MR) is 92.9 cm³/mol. The zero-order valence-electron chi connectivity index (χ0n) is 13.1. The van der Waals surface area contributed by atoms with Gasteiger partial charge >= 0.3 is 0 Å². The number of nitrogens with zero attached hydrogens (tertiary/aromatic N) is 2. The molecule has 1 N–H and O–H groups in total. The number of rotatable bonds is 3. The summed E-state index contributed by atoms with van der Waals surface area (Å²) in [5, 5.41) is 3.46. The van der Waals surface area contributed by atoms with Crippen molar-refractivity contribution in [3.8, 4) is 0 Å². The molecule has 0 saturated carbocycles. The maximum absolute atomic E-state index is 12.6. The number of amides is 2. The van der Waals surface area contributed by atoms with Crippen LogP contribution in [0.1, 0.15) is 23.2 Å². The van der Waals surface area contributed by atoms with Gasteiger partial charge in [-0.3, -0.25) is 14.6 Å². The number of halogens is 1. The molecule has 0 aliphatic carbocycles. The van der Waals surface area contributed by atoms with E-state index in [0.717, 1.165) is 12.8 Å². The SMILES string of the molecule is O=C(Nc1cccnc1)[C@H]1CCCN(C(=O)c2ccc(Cl)cc2)C1. The molecule has 3 rings (SSSR count). The number of piperidine rings is 1. The van der Waals surface area contributed by atoms with E-state index in [4.69, 9.17) is 11.6 Å². The minimum Gasteiger partial charge on any atom is -0.338 e. The number of hydrogen-bond acceptors (Lipinski definition) is 3. The normalized spacial score (nSPS) is 17.4. The minimum absolute atomic E-state index is 0.0643. The highest BCUT2D eigenvalue weighted by Crippen LogP contribution is 2.21. The van der Waals surface area contributed by atoms with Crippen LogP contribution < -0.4 is 5.32 Å². The number of nitrogens with one attached hydrogen (secondary N) is 1. The molecule has 124 valence electrons. The van der Waals surface area contributed by atoms with Crippen LogP contribution in [0, 0.1) is 5.92 Å². The van der Waals surface area contributed by atoms with Gasteiger partial charge in [-0.05, 0) is 49.2 Å². The summed E-state index contributed by atoms with van der Waals surface area (Å²) in [6, 6.07) is 10.4. The first kappa shape index (κ1) is 16.5. The highest BCUT2D eigenvalue weighted by Gasteiger charge is 2.29. The Kier molecular flexibility index (Phi) is 5.11. The van der Waals surface area contributed by atoms with Gasteiger partial charge < -0.3 is 10.2 Å². The standard InChI is InChI=1S/C18H18ClN3O2/c19-15-7-5-13(6-8-15)18(24)22-10-2-3-14(12-22)17(23)21-16-4-1-9-20-11-16/h1,4-9,11,14H,2-3,10,12H2,(H,21,23)/t14-/m0/s1. The van der Waals surface area contributed by atoms with E-state index in [1.807, 2.05) is 0 Å². The molecule has 1 aliphatic heterocycles. The highest BCUT2D eigenvalue weighted by molar-refractivity contribution is 6.30. The molecule has 1 aromatic heterocycles. The average molecular weight is 344 g/mol. The van der Waals surface area contributed by atoms with Crippen molar-refractivity contribution >= 4 is 29.1 Å². The molecule has 1 fully saturated rings. The largest absolute Gasteiger partial charge is 0.338 e. The third-order valence-electron chi connectivity index (χ3n) is 4.10. The lowest BCUT2D eigenvalue weighted by molar-refractivity contribution is -0.121. The molecule has 2 heterocycles. The number of carbonyl (C=O) groups excluding carboxylic acids is 2. The molecule has 0 bridgehead atoms. The van der Waals surface area contributed by atoms with Crippen molar-refractivity contribution in [3.05, 3.63) is 59.4 Å². The lowest BCUT2D eigenvalue weighted by Crippen LogP contribution is -2.43. The van der Waals surface area contributed by atoms with E-state index in [2.05, 4.69) is 10.3 Å². The summed E-state index contributed by atoms with van der Waals surface area (Å²) in [5.74, 6) is -0.350. The fraction of sp³-hybridized carbons (Fsp3) is 0.278. The molecular formula is C18H18ClN3O2. The van der Waals surface area contributed by atoms with E-state index in [9.17, 15) is 9.59 Å². The second-order valence-corrected chi connectivity index (χ2v) is 6.26. The molecule has 1 aliphatic rings. The van der Waals surface area contributed by atoms with E-state index in [1.165, 1.54) is 0 Å². The van der Waals surface area contributed by atoms with Gasteiger partial charge in [0, 0.05) is 29.9 Å². The van der Waals surface area contributed by atoms with Gasteiger partial charge in [0.1, 0.15) is 0 Å². The number of likely N-dealkylation sites (tertiary alicyclic amines) is 1. The van der Waals surface area contributed by atoms with E-state index < -0.39 is 0 Å². The number of benzene rings is 1. The molecule has 0 unspecified atom stereocenters. The Balaban J connectivity index is 1.64. The molecule has 1 atom stereocenters. The molecule has 6 heteroatoms. The lowest BCUT2D eigenvalue weighted by atomic mass is 9.96. The predicted octanol–water partition coefficient (Wildman–Crippen LogP) is 3.23. The van der Waals surface area contributed by atoms with Crippen LogP contribution in [0.2, 0.25) is 5.02 Å². The summed E-state index contributed by atoms with van der Waals surface area (Å²) in [6.07, 6.45) is 4.85. The van der Waals surface area contributed by atoms with Crippen molar-refractivity contribution in [2.75, 3.05) is 18.4 Å². The van der Waals surface area contributed by atoms with Crippen molar-refractivity contribution in [2.24, 2.45) is 5.92 Å². The maximum atomic E-state index is 12.6. The minimum atomic E-state index is -0.213. The van der Waals surface area contributed by atoms with Gasteiger partial charge in [0.05, 0.1) is 17.8 Å². The quantitative estimate of drug-likeness (QED) is 0.930. The van der Waals surface area contributed by atoms with E-state index in [0.29, 0.717) is 29.4 Å². The van der Waals surface area contributed by atoms with Crippen LogP contribution >= 0.6 is 11.6 Å². The summed E-state index contributed by atoms with van der Waals surface area (Å²) in [4.78, 5) is 30.7. The number of anilines is 1. The maximum Gasteiger partial charge on any atom is 0.253 e. The molecular weight excluding hydrogens is 326 g/mol. The van der Waals surface area contributed by atoms with Crippen LogP contribution in [0.15, 0.2) is 48.8 Å². The van der Waals surface area contributed by atoms with E-state index in [1.54, 1.807) is 53.7 Å². The fourth-order valence-corrected chi connectivity index (χ4v) is 2.96. The van der Waals surface area contributed by atoms with Gasteiger partial charge in [-0.25, -0.2) is 0 Å². The summed E-state index contributed by atoms with van der Waals surface area (Å²) in [7, 11) is 0. The summed E-state index contributed by atoms with van der Waals surface area (Å²) in [6.45, 7) is 1.09. The van der Waals surface area contributed by atoms with E-state index >= 15 is 0 Å². The summed E-state index contributed by atoms with van der Waals surface area (Å²) >= 11 is 5.86. The zero-order valence-corrected chi connectivity index (χ0v) is 13.9. The molecule has 1 aromatic carbocycles. The molecule has 2 amide bonds. The Bertz CT molecular complexity index is 719. The first-order valence-electron chi connectivity index (χ1n) is 7.89. The Morgan fingerprint density at radius 3 is 2.71 bits per heavy atom. The van der Waals surface area contributed by atoms with Gasteiger partial charge in [0.25, 0.3) is 5.91 Å². The van der Waals surface area contributed by atoms with Crippen molar-refractivity contribution < 1.29 is 9.59 Å². The Morgan fingerprint density at radius 1 is 1.21 bits per heavy atom. The summed E-state index contributed by atoms with van der Waals surface area (Å²) in [5.41, 5.74) is 1.26. The second kappa shape index (κ2) is 7.45. The molecule has 2 aromatic rings. The van der Waals surface area contributed by atoms with Crippen LogP contribution in [-0.4, -0.2) is 34.8 Å². The van der Waals surface area contributed by atoms with Crippen molar-refractivity contribution in [1.29, 1.82) is 0 Å². The van der Waals surface area contributed by atoms with Crippen molar-refractivity contribution in [1.82, 2.24) is 9.88 Å². The van der Waals surface area contributed by atoms with E-state index in [-0.39, 0.29) is 17.7 Å². The van der Waals surface area contributed by atoms with Gasteiger partial charge in [-0.1, -0.05) is 11.6 Å². The first-order chi connectivity index (χ1) is 11.6. The van der Waals surface area contributed by atoms with Gasteiger partial charge in [-0.2, -0.15) is 0 Å². The Labute approximate surface area is 145 Å². The highest BCUT2D eigenvalue weighted by atomic mass is 35.5. The molecule has 0 spiro atoms. The van der Waals surface area contributed by atoms with Crippen molar-refractivity contribution in [3.63, 3.8) is 0 Å². The Hall–Kier alpha value is -2.40. The molecule has 1 saturated heterocycles. The number of pyridine rings is 1. The zero-order chi connectivity index (χ0) is 16.9. The van der Waals surface area contributed by atoms with Crippen LogP contribution in [-0.2, 0) is 4.79 Å². The van der Waals surface area contributed by atoms with Crippen molar-refractivity contribution in [2.45, 2.75) is 12.8 Å². The average Bonchev–Trinajstić information content (AvgIpc) is 2.63. The monoisotopic (exact) mass is 343 g/mol. The molecule has 24 heavy (non-hydrogen) atoms. The number of carbonyl (C=O) groups is 2. The van der Waals surface area contributed by atoms with Crippen LogP contribution in [0.5, 0.6) is 0 Å². The number of hydrogen-bond donors (Lipinski definition) is 1. The molecule has 0 radical (unpaired) electrons. The molecule has 5 nitrogen and oxygen atoms in total. The topological polar surface area (TPSA) is 62.3 Å². The first-order valence-corrected chi connectivity index (χ1v) is 8.27. The Morgan fingerprint density at radius 2 is 2.00 bits per heavy atom. The van der Waals surface area contributed by atoms with Crippen LogP contribution in [0.4, 0.5) is 5.69 Å². The fourth-order valence-electron chi connectivity index (χ4n) is 2.83. The smallest absolute Gasteiger partial charge is 0.253 e. The second-order valence-electron chi connectivity index (χ2n) is 5.83. The van der Waals surface area contributed by atoms with Gasteiger partial charge in [0.15, 0.2) is 0 Å².